The van der Waals surface area contributed by atoms with Crippen LogP contribution >= 0.6 is 12.2 Å². The van der Waals surface area contributed by atoms with Gasteiger partial charge in [-0.1, -0.05) is 127 Å². The molecule has 0 radical (unpaired) electrons. The third-order valence-corrected chi connectivity index (χ3v) is 13.4. The molecule has 10 atom stereocenters. The van der Waals surface area contributed by atoms with E-state index in [2.05, 4.69) is 5.32 Å². The molecular weight excluding hydrogens is 1130 g/mol. The summed E-state index contributed by atoms with van der Waals surface area (Å²) in [6, 6.07) is 54.7. The summed E-state index contributed by atoms with van der Waals surface area (Å²) in [5.74, 6) is -6.60. The van der Waals surface area contributed by atoms with Gasteiger partial charge < -0.3 is 57.4 Å². The molecule has 2 aliphatic heterocycles. The maximum atomic E-state index is 14.7. The SMILES string of the molecule is CC(C)(C)OC(=S)N[C@@H]1O[C@H](COC(=O)c2ccccc2)[C@@H](O[C@H]2O[C@H](COC(=O)c3ccccc3)[C@@H](OC(=O)c3ccccc3)[C@H](OC(=O)c3ccccc3)[C@H]2OC(=O)c2ccccc2)[C@H](OC(=O)c2ccccc2)[C@H]1OC(=O)c1ccccc1. The monoisotopic (exact) mass is 1190 g/mol. The average Bonchev–Trinajstić information content (AvgIpc) is 1.05. The minimum atomic E-state index is -2.08. The molecule has 2 fully saturated rings. The summed E-state index contributed by atoms with van der Waals surface area (Å²) in [5, 5.41) is 2.69. The van der Waals surface area contributed by atoms with Crippen molar-refractivity contribution in [2.24, 2.45) is 0 Å². The lowest BCUT2D eigenvalue weighted by molar-refractivity contribution is -0.339. The normalized spacial score (nSPS) is 21.6. The second-order valence-electron chi connectivity index (χ2n) is 20.5. The Bertz CT molecular complexity index is 3430. The highest BCUT2D eigenvalue weighted by Gasteiger charge is 2.58. The summed E-state index contributed by atoms with van der Waals surface area (Å²) in [6.07, 6.45) is -18.3. The first-order valence-electron chi connectivity index (χ1n) is 27.3. The van der Waals surface area contributed by atoms with E-state index in [1.54, 1.807) is 148 Å². The number of carbonyl (C=O) groups is 7. The molecule has 2 heterocycles. The maximum absolute atomic E-state index is 14.7. The van der Waals surface area contributed by atoms with E-state index in [-0.39, 0.29) is 44.1 Å². The van der Waals surface area contributed by atoms with Gasteiger partial charge in [0.25, 0.3) is 5.17 Å². The molecule has 20 heteroatoms. The molecule has 0 unspecified atom stereocenters. The van der Waals surface area contributed by atoms with E-state index < -0.39 is 122 Å². The van der Waals surface area contributed by atoms with Gasteiger partial charge >= 0.3 is 41.8 Å². The van der Waals surface area contributed by atoms with Crippen molar-refractivity contribution in [2.75, 3.05) is 13.2 Å². The van der Waals surface area contributed by atoms with Crippen LogP contribution in [-0.4, -0.2) is 127 Å². The van der Waals surface area contributed by atoms with Crippen LogP contribution in [0.3, 0.4) is 0 Å². The fourth-order valence-electron chi connectivity index (χ4n) is 9.15. The molecule has 7 aromatic carbocycles. The largest absolute Gasteiger partial charge is 0.465 e. The van der Waals surface area contributed by atoms with E-state index in [0.29, 0.717) is 0 Å². The lowest BCUT2D eigenvalue weighted by atomic mass is 9.95. The van der Waals surface area contributed by atoms with Crippen molar-refractivity contribution >= 4 is 59.2 Å². The number of hydrogen-bond acceptors (Lipinski definition) is 19. The maximum Gasteiger partial charge on any atom is 0.338 e. The van der Waals surface area contributed by atoms with Crippen molar-refractivity contribution in [3.63, 3.8) is 0 Å². The van der Waals surface area contributed by atoms with Crippen LogP contribution in [0.5, 0.6) is 0 Å². The summed E-state index contributed by atoms with van der Waals surface area (Å²) < 4.78 is 70.2. The van der Waals surface area contributed by atoms with Crippen LogP contribution in [0, 0.1) is 0 Å². The number of carbonyl (C=O) groups excluding carboxylic acids is 7. The Morgan fingerprint density at radius 3 is 0.988 bits per heavy atom. The van der Waals surface area contributed by atoms with E-state index in [9.17, 15) is 33.6 Å². The first kappa shape index (κ1) is 61.0. The van der Waals surface area contributed by atoms with Gasteiger partial charge in [0.1, 0.15) is 37.1 Å². The Balaban J connectivity index is 1.22. The second-order valence-corrected chi connectivity index (χ2v) is 20.9. The molecule has 0 saturated carbocycles. The first-order chi connectivity index (χ1) is 41.6. The van der Waals surface area contributed by atoms with Crippen molar-refractivity contribution < 1.29 is 85.7 Å². The van der Waals surface area contributed by atoms with Crippen molar-refractivity contribution in [1.82, 2.24) is 5.32 Å². The fourth-order valence-corrected chi connectivity index (χ4v) is 9.52. The molecule has 86 heavy (non-hydrogen) atoms. The van der Waals surface area contributed by atoms with Gasteiger partial charge in [-0.3, -0.25) is 0 Å². The van der Waals surface area contributed by atoms with E-state index in [0.717, 1.165) is 0 Å². The van der Waals surface area contributed by atoms with E-state index >= 15 is 0 Å². The molecule has 442 valence electrons. The third-order valence-electron chi connectivity index (χ3n) is 13.2. The summed E-state index contributed by atoms with van der Waals surface area (Å²) >= 11 is 5.69. The predicted octanol–water partition coefficient (Wildman–Crippen LogP) is 9.35. The summed E-state index contributed by atoms with van der Waals surface area (Å²) in [4.78, 5) is 101. The van der Waals surface area contributed by atoms with Gasteiger partial charge in [0, 0.05) is 0 Å². The lowest BCUT2D eigenvalue weighted by Crippen LogP contribution is -2.69. The Kier molecular flexibility index (Phi) is 20.4. The highest BCUT2D eigenvalue weighted by Crippen LogP contribution is 2.37. The van der Waals surface area contributed by atoms with E-state index in [1.807, 2.05) is 0 Å². The molecular formula is C66H59NO18S. The highest BCUT2D eigenvalue weighted by atomic mass is 32.1. The van der Waals surface area contributed by atoms with Gasteiger partial charge in [0.15, 0.2) is 43.0 Å². The zero-order valence-corrected chi connectivity index (χ0v) is 47.5. The minimum absolute atomic E-state index is 0.00671. The van der Waals surface area contributed by atoms with Gasteiger partial charge in [0.2, 0.25) is 0 Å². The van der Waals surface area contributed by atoms with E-state index in [4.69, 9.17) is 64.3 Å². The van der Waals surface area contributed by atoms with Crippen molar-refractivity contribution in [2.45, 2.75) is 87.7 Å². The van der Waals surface area contributed by atoms with Crippen molar-refractivity contribution in [1.29, 1.82) is 0 Å². The van der Waals surface area contributed by atoms with Gasteiger partial charge in [-0.2, -0.15) is 0 Å². The quantitative estimate of drug-likeness (QED) is 0.0451. The number of benzene rings is 7. The Labute approximate surface area is 500 Å². The van der Waals surface area contributed by atoms with Crippen molar-refractivity contribution in [3.05, 3.63) is 251 Å². The summed E-state index contributed by atoms with van der Waals surface area (Å²) in [7, 11) is 0. The molecule has 0 aliphatic carbocycles. The molecule has 0 spiro atoms. The molecule has 0 amide bonds. The molecule has 0 aromatic heterocycles. The molecule has 19 nitrogen and oxygen atoms in total. The molecule has 7 aromatic rings. The number of ether oxygens (including phenoxy) is 11. The number of nitrogens with one attached hydrogen (secondary N) is 1. The summed E-state index contributed by atoms with van der Waals surface area (Å²) in [5.41, 5.74) is -0.520. The van der Waals surface area contributed by atoms with Gasteiger partial charge in [-0.25, -0.2) is 33.6 Å². The fraction of sp³-hybridized carbons (Fsp3) is 0.242. The second kappa shape index (κ2) is 28.8. The Hall–Kier alpha value is -9.60. The number of hydrogen-bond donors (Lipinski definition) is 1. The van der Waals surface area contributed by atoms with Crippen LogP contribution in [-0.2, 0) is 52.1 Å². The molecule has 9 rings (SSSR count). The van der Waals surface area contributed by atoms with Gasteiger partial charge in [-0.05, 0) is 118 Å². The van der Waals surface area contributed by atoms with Crippen molar-refractivity contribution in [3.8, 4) is 0 Å². The zero-order chi connectivity index (χ0) is 60.6. The molecule has 2 saturated heterocycles. The average molecular weight is 1190 g/mol. The Morgan fingerprint density at radius 1 is 0.372 bits per heavy atom. The summed E-state index contributed by atoms with van der Waals surface area (Å²) in [6.45, 7) is 3.72. The van der Waals surface area contributed by atoms with Crippen LogP contribution in [0.1, 0.15) is 93.3 Å². The van der Waals surface area contributed by atoms with Crippen LogP contribution < -0.4 is 5.32 Å². The van der Waals surface area contributed by atoms with Crippen LogP contribution in [0.25, 0.3) is 0 Å². The van der Waals surface area contributed by atoms with Crippen LogP contribution in [0.4, 0.5) is 0 Å². The third kappa shape index (κ3) is 16.2. The molecule has 2 aliphatic rings. The van der Waals surface area contributed by atoms with Crippen LogP contribution in [0.2, 0.25) is 0 Å². The number of rotatable bonds is 19. The standard InChI is InChI=1S/C66H59NO18S/c1-66(2,3)85-65(86)67-56-54(82-62(73)46-35-21-9-22-36-46)52(80-60(71)44-31-17-7-18-32-44)51(48(77-56)39-75-57(68)41-25-11-4-12-26-41)84-64-55(83-63(74)47-37-23-10-24-38-47)53(81-61(72)45-33-19-8-20-34-45)50(79-59(70)43-29-15-6-16-30-43)49(78-64)40-76-58(69)42-27-13-5-14-28-42/h4-38,48-56,64H,39-40H2,1-3H3,(H,67,86)/t48-,49-,50-,51-,52+,53+,54-,55-,56-,64-/m1/s1. The predicted molar refractivity (Wildman–Crippen MR) is 310 cm³/mol. The van der Waals surface area contributed by atoms with Crippen LogP contribution in [0.15, 0.2) is 212 Å². The van der Waals surface area contributed by atoms with Gasteiger partial charge in [-0.15, -0.1) is 0 Å². The molecule has 0 bridgehead atoms. The number of esters is 7. The minimum Gasteiger partial charge on any atom is -0.465 e. The first-order valence-corrected chi connectivity index (χ1v) is 27.7. The lowest BCUT2D eigenvalue weighted by Gasteiger charge is -2.49. The zero-order valence-electron chi connectivity index (χ0n) is 46.7. The number of thiocarbonyl (C=S) groups is 1. The Morgan fingerprint density at radius 2 is 0.651 bits per heavy atom. The van der Waals surface area contributed by atoms with E-state index in [1.165, 1.54) is 84.9 Å². The highest BCUT2D eigenvalue weighted by molar-refractivity contribution is 7.80. The molecule has 1 N–H and O–H groups in total. The topological polar surface area (TPSA) is 233 Å². The smallest absolute Gasteiger partial charge is 0.338 e. The van der Waals surface area contributed by atoms with Gasteiger partial charge in [0.05, 0.1) is 38.9 Å².